The summed E-state index contributed by atoms with van der Waals surface area (Å²) >= 11 is 0. The van der Waals surface area contributed by atoms with Gasteiger partial charge in [-0.25, -0.2) is 4.79 Å². The second kappa shape index (κ2) is 6.40. The lowest BCUT2D eigenvalue weighted by molar-refractivity contribution is 0.172. The van der Waals surface area contributed by atoms with Crippen molar-refractivity contribution in [1.82, 2.24) is 15.2 Å². The number of rotatable bonds is 4. The van der Waals surface area contributed by atoms with E-state index in [1.165, 1.54) is 12.8 Å². The van der Waals surface area contributed by atoms with E-state index in [4.69, 9.17) is 0 Å². The molecule has 0 unspecified atom stereocenters. The third-order valence-corrected chi connectivity index (χ3v) is 4.44. The molecule has 0 saturated heterocycles. The summed E-state index contributed by atoms with van der Waals surface area (Å²) in [5.74, 6) is 0. The molecule has 22 heavy (non-hydrogen) atoms. The molecule has 1 heterocycles. The highest BCUT2D eigenvalue weighted by molar-refractivity contribution is 5.81. The molecule has 1 aromatic heterocycles. The van der Waals surface area contributed by atoms with Crippen molar-refractivity contribution in [3.63, 3.8) is 0 Å². The summed E-state index contributed by atoms with van der Waals surface area (Å²) in [4.78, 5) is 11.8. The van der Waals surface area contributed by atoms with E-state index in [9.17, 15) is 9.90 Å². The van der Waals surface area contributed by atoms with Gasteiger partial charge in [0.15, 0.2) is 0 Å². The average molecular weight is 301 g/mol. The highest BCUT2D eigenvalue weighted by Crippen LogP contribution is 2.21. The Balaban J connectivity index is 1.55. The molecule has 2 aromatic rings. The number of carbonyl (C=O) groups excluding carboxylic acids is 1. The lowest BCUT2D eigenvalue weighted by Crippen LogP contribution is -2.42. The zero-order chi connectivity index (χ0) is 15.5. The van der Waals surface area contributed by atoms with Crippen LogP contribution >= 0.6 is 0 Å². The summed E-state index contributed by atoms with van der Waals surface area (Å²) in [6.45, 7) is 0.219. The van der Waals surface area contributed by atoms with Gasteiger partial charge in [-0.2, -0.15) is 0 Å². The Labute approximate surface area is 130 Å². The molecule has 0 radical (unpaired) electrons. The molecule has 1 saturated carbocycles. The van der Waals surface area contributed by atoms with Gasteiger partial charge in [0, 0.05) is 31.3 Å². The first kappa shape index (κ1) is 14.9. The number of aliphatic hydroxyl groups excluding tert-OH is 1. The summed E-state index contributed by atoms with van der Waals surface area (Å²) in [6.07, 6.45) is 5.78. The quantitative estimate of drug-likeness (QED) is 0.812. The molecule has 0 spiro atoms. The number of urea groups is 1. The molecule has 5 heteroatoms. The molecular formula is C17H23N3O2. The third-order valence-electron chi connectivity index (χ3n) is 4.44. The van der Waals surface area contributed by atoms with Crippen LogP contribution in [0.4, 0.5) is 4.79 Å². The summed E-state index contributed by atoms with van der Waals surface area (Å²) in [5.41, 5.74) is 1.95. The van der Waals surface area contributed by atoms with Crippen molar-refractivity contribution in [2.45, 2.75) is 37.8 Å². The first-order chi connectivity index (χ1) is 10.6. The van der Waals surface area contributed by atoms with Crippen LogP contribution in [-0.4, -0.2) is 28.3 Å². The summed E-state index contributed by atoms with van der Waals surface area (Å²) in [6, 6.07) is 7.99. The molecular weight excluding hydrogens is 278 g/mol. The van der Waals surface area contributed by atoms with Gasteiger partial charge in [0.1, 0.15) is 0 Å². The first-order valence-electron chi connectivity index (χ1n) is 7.91. The number of amides is 2. The second-order valence-electron chi connectivity index (χ2n) is 6.10. The van der Waals surface area contributed by atoms with Gasteiger partial charge in [-0.15, -0.1) is 0 Å². The minimum Gasteiger partial charge on any atom is -0.387 e. The molecule has 1 fully saturated rings. The first-order valence-corrected chi connectivity index (χ1v) is 7.91. The summed E-state index contributed by atoms with van der Waals surface area (Å²) in [7, 11) is 1.99. The van der Waals surface area contributed by atoms with Gasteiger partial charge in [0.2, 0.25) is 0 Å². The Kier molecular flexibility index (Phi) is 4.34. The van der Waals surface area contributed by atoms with Crippen molar-refractivity contribution in [2.24, 2.45) is 7.05 Å². The van der Waals surface area contributed by atoms with Crippen LogP contribution in [0.25, 0.3) is 10.9 Å². The smallest absolute Gasteiger partial charge is 0.315 e. The van der Waals surface area contributed by atoms with E-state index in [0.29, 0.717) is 0 Å². The maximum Gasteiger partial charge on any atom is 0.315 e. The Bertz CT molecular complexity index is 659. The Morgan fingerprint density at radius 2 is 2.14 bits per heavy atom. The largest absolute Gasteiger partial charge is 0.387 e. The lowest BCUT2D eigenvalue weighted by atomic mass is 10.1. The molecule has 1 atom stereocenters. The van der Waals surface area contributed by atoms with Crippen LogP contribution in [0.2, 0.25) is 0 Å². The highest BCUT2D eigenvalue weighted by Gasteiger charge is 2.17. The van der Waals surface area contributed by atoms with E-state index in [2.05, 4.69) is 10.6 Å². The van der Waals surface area contributed by atoms with Crippen molar-refractivity contribution >= 4 is 16.9 Å². The lowest BCUT2D eigenvalue weighted by Gasteiger charge is -2.16. The molecule has 5 nitrogen and oxygen atoms in total. The summed E-state index contributed by atoms with van der Waals surface area (Å²) in [5, 5.41) is 17.0. The highest BCUT2D eigenvalue weighted by atomic mass is 16.3. The van der Waals surface area contributed by atoms with E-state index in [-0.39, 0.29) is 18.6 Å². The Hall–Kier alpha value is -2.01. The van der Waals surface area contributed by atoms with E-state index >= 15 is 0 Å². The maximum absolute atomic E-state index is 11.8. The maximum atomic E-state index is 11.8. The van der Waals surface area contributed by atoms with E-state index in [1.54, 1.807) is 0 Å². The van der Waals surface area contributed by atoms with Crippen LogP contribution in [0.15, 0.2) is 30.5 Å². The number of nitrogens with zero attached hydrogens (tertiary/aromatic N) is 1. The molecule has 1 aliphatic rings. The van der Waals surface area contributed by atoms with Crippen molar-refractivity contribution in [3.05, 3.63) is 36.0 Å². The van der Waals surface area contributed by atoms with E-state index in [0.717, 1.165) is 29.3 Å². The van der Waals surface area contributed by atoms with Crippen LogP contribution in [0.3, 0.4) is 0 Å². The van der Waals surface area contributed by atoms with E-state index in [1.807, 2.05) is 42.1 Å². The molecule has 1 aromatic carbocycles. The Morgan fingerprint density at radius 1 is 1.36 bits per heavy atom. The topological polar surface area (TPSA) is 66.3 Å². The number of benzene rings is 1. The van der Waals surface area contributed by atoms with Crippen LogP contribution in [0.1, 0.15) is 37.4 Å². The fourth-order valence-electron chi connectivity index (χ4n) is 3.12. The minimum absolute atomic E-state index is 0.188. The normalized spacial score (nSPS) is 16.8. The molecule has 3 rings (SSSR count). The number of hydrogen-bond acceptors (Lipinski definition) is 2. The fraction of sp³-hybridized carbons (Fsp3) is 0.471. The standard InChI is InChI=1S/C17H23N3O2/c1-20-9-8-12-10-13(6-7-15(12)20)16(21)11-18-17(22)19-14-4-2-3-5-14/h6-10,14,16,21H,2-5,11H2,1H3,(H2,18,19,22)/t16-/m0/s1. The monoisotopic (exact) mass is 301 g/mol. The fourth-order valence-corrected chi connectivity index (χ4v) is 3.12. The number of hydrogen-bond donors (Lipinski definition) is 3. The van der Waals surface area contributed by atoms with Crippen molar-refractivity contribution in [2.75, 3.05) is 6.54 Å². The molecule has 2 amide bonds. The predicted octanol–water partition coefficient (Wildman–Crippen LogP) is 2.45. The number of fused-ring (bicyclic) bond motifs is 1. The average Bonchev–Trinajstić information content (AvgIpc) is 3.15. The molecule has 0 aliphatic heterocycles. The van der Waals surface area contributed by atoms with Gasteiger partial charge >= 0.3 is 6.03 Å². The second-order valence-corrected chi connectivity index (χ2v) is 6.10. The Morgan fingerprint density at radius 3 is 2.91 bits per heavy atom. The van der Waals surface area contributed by atoms with Gasteiger partial charge in [-0.3, -0.25) is 0 Å². The SMILES string of the molecule is Cn1ccc2cc([C@@H](O)CNC(=O)NC3CCCC3)ccc21. The van der Waals surface area contributed by atoms with E-state index < -0.39 is 6.10 Å². The van der Waals surface area contributed by atoms with Gasteiger partial charge in [0.25, 0.3) is 0 Å². The predicted molar refractivity (Wildman–Crippen MR) is 86.7 cm³/mol. The van der Waals surface area contributed by atoms with Gasteiger partial charge in [0.05, 0.1) is 6.10 Å². The number of aromatic nitrogens is 1. The van der Waals surface area contributed by atoms with Crippen molar-refractivity contribution in [3.8, 4) is 0 Å². The molecule has 3 N–H and O–H groups in total. The van der Waals surface area contributed by atoms with Gasteiger partial charge in [-0.05, 0) is 42.0 Å². The number of aryl methyl sites for hydroxylation is 1. The van der Waals surface area contributed by atoms with Gasteiger partial charge < -0.3 is 20.3 Å². The minimum atomic E-state index is -0.695. The number of nitrogens with one attached hydrogen (secondary N) is 2. The van der Waals surface area contributed by atoms with Crippen LogP contribution in [0, 0.1) is 0 Å². The van der Waals surface area contributed by atoms with Crippen LogP contribution in [0.5, 0.6) is 0 Å². The third kappa shape index (κ3) is 3.25. The number of carbonyl (C=O) groups is 1. The molecule has 0 bridgehead atoms. The van der Waals surface area contributed by atoms with Gasteiger partial charge in [-0.1, -0.05) is 18.9 Å². The number of aliphatic hydroxyl groups is 1. The van der Waals surface area contributed by atoms with Crippen molar-refractivity contribution in [1.29, 1.82) is 0 Å². The van der Waals surface area contributed by atoms with Crippen molar-refractivity contribution < 1.29 is 9.90 Å². The zero-order valence-electron chi connectivity index (χ0n) is 12.9. The van der Waals surface area contributed by atoms with Crippen LogP contribution in [-0.2, 0) is 7.05 Å². The molecule has 118 valence electrons. The van der Waals surface area contributed by atoms with Crippen LogP contribution < -0.4 is 10.6 Å². The molecule has 1 aliphatic carbocycles. The zero-order valence-corrected chi connectivity index (χ0v) is 12.9. The summed E-state index contributed by atoms with van der Waals surface area (Å²) < 4.78 is 2.04.